The van der Waals surface area contributed by atoms with Gasteiger partial charge < -0.3 is 10.4 Å². The van der Waals surface area contributed by atoms with E-state index in [2.05, 4.69) is 25.8 Å². The van der Waals surface area contributed by atoms with E-state index in [0.29, 0.717) is 11.5 Å². The largest absolute Gasteiger partial charge is 0.479 e. The van der Waals surface area contributed by atoms with E-state index in [1.54, 1.807) is 0 Å². The van der Waals surface area contributed by atoms with Crippen molar-refractivity contribution in [2.75, 3.05) is 5.32 Å². The quantitative estimate of drug-likeness (QED) is 0.625. The fraction of sp³-hybridized carbons (Fsp3) is 0.368. The van der Waals surface area contributed by atoms with Crippen LogP contribution in [0.1, 0.15) is 33.7 Å². The molecular weight excluding hydrogens is 374 g/mol. The highest BCUT2D eigenvalue weighted by Gasteiger charge is 2.31. The lowest BCUT2D eigenvalue weighted by Crippen LogP contribution is -2.36. The van der Waals surface area contributed by atoms with Crippen molar-refractivity contribution in [3.63, 3.8) is 0 Å². The van der Waals surface area contributed by atoms with Crippen molar-refractivity contribution >= 4 is 17.6 Å². The van der Waals surface area contributed by atoms with E-state index in [4.69, 9.17) is 0 Å². The lowest BCUT2D eigenvalue weighted by atomic mass is 10.0. The van der Waals surface area contributed by atoms with Gasteiger partial charge in [0.25, 0.3) is 5.91 Å². The number of carbonyl (C=O) groups excluding carboxylic acids is 1. The van der Waals surface area contributed by atoms with Gasteiger partial charge >= 0.3 is 5.97 Å². The number of aliphatic carboxylic acids is 1. The Morgan fingerprint density at radius 1 is 1.17 bits per heavy atom. The van der Waals surface area contributed by atoms with Crippen molar-refractivity contribution in [2.24, 2.45) is 5.92 Å². The Labute approximate surface area is 167 Å². The van der Waals surface area contributed by atoms with Crippen LogP contribution in [0.5, 0.6) is 0 Å². The van der Waals surface area contributed by atoms with Crippen LogP contribution in [0.2, 0.25) is 0 Å². The zero-order chi connectivity index (χ0) is 21.2. The third-order valence-electron chi connectivity index (χ3n) is 4.56. The zero-order valence-corrected chi connectivity index (χ0v) is 16.6. The highest BCUT2D eigenvalue weighted by Crippen LogP contribution is 2.22. The number of tetrazole rings is 1. The first-order valence-electron chi connectivity index (χ1n) is 9.14. The van der Waals surface area contributed by atoms with Crippen LogP contribution < -0.4 is 5.32 Å². The lowest BCUT2D eigenvalue weighted by Gasteiger charge is -2.20. The number of nitrogens with one attached hydrogen (secondary N) is 1. The maximum absolute atomic E-state index is 12.9. The van der Waals surface area contributed by atoms with Gasteiger partial charge in [0.2, 0.25) is 5.82 Å². The summed E-state index contributed by atoms with van der Waals surface area (Å²) >= 11 is 0. The molecule has 1 unspecified atom stereocenters. The summed E-state index contributed by atoms with van der Waals surface area (Å²) < 4.78 is 1.29. The highest BCUT2D eigenvalue weighted by atomic mass is 16.4. The Balaban J connectivity index is 1.80. The normalized spacial score (nSPS) is 12.7. The molecule has 0 aliphatic heterocycles. The van der Waals surface area contributed by atoms with Gasteiger partial charge in [0.05, 0.1) is 11.9 Å². The van der Waals surface area contributed by atoms with Crippen LogP contribution in [-0.2, 0) is 15.1 Å². The van der Waals surface area contributed by atoms with Crippen LogP contribution in [0.25, 0.3) is 11.4 Å². The molecule has 10 nitrogen and oxygen atoms in total. The minimum absolute atomic E-state index is 0.113. The van der Waals surface area contributed by atoms with Gasteiger partial charge in [-0.05, 0) is 25.0 Å². The van der Waals surface area contributed by atoms with E-state index in [9.17, 15) is 14.7 Å². The molecule has 1 atom stereocenters. The minimum Gasteiger partial charge on any atom is -0.479 e. The van der Waals surface area contributed by atoms with Gasteiger partial charge in [-0.25, -0.2) is 4.79 Å². The van der Waals surface area contributed by atoms with Crippen molar-refractivity contribution in [3.8, 4) is 11.4 Å². The summed E-state index contributed by atoms with van der Waals surface area (Å²) in [4.78, 5) is 25.6. The van der Waals surface area contributed by atoms with E-state index in [0.717, 1.165) is 5.56 Å². The first-order chi connectivity index (χ1) is 13.7. The van der Waals surface area contributed by atoms with Gasteiger partial charge in [-0.15, -0.1) is 10.2 Å². The molecule has 1 aromatic carbocycles. The number of rotatable bonds is 7. The summed E-state index contributed by atoms with van der Waals surface area (Å²) in [6.07, 6.45) is 2.89. The Kier molecular flexibility index (Phi) is 5.44. The zero-order valence-electron chi connectivity index (χ0n) is 16.6. The van der Waals surface area contributed by atoms with E-state index < -0.39 is 17.6 Å². The molecule has 2 heterocycles. The molecule has 2 N–H and O–H groups in total. The van der Waals surface area contributed by atoms with Gasteiger partial charge in [0, 0.05) is 11.8 Å². The molecule has 0 saturated carbocycles. The standard InChI is InChI=1S/C19H23N7O3/c1-12(2)15(26-23-16(22-24-26)13-8-6-5-7-9-13)17(27)21-14-10-20-25(11-14)19(3,4)18(28)29/h5-12,15H,1-4H3,(H,21,27)(H,28,29). The van der Waals surface area contributed by atoms with Crippen LogP contribution in [0, 0.1) is 5.92 Å². The minimum atomic E-state index is -1.24. The molecule has 3 rings (SSSR count). The Bertz CT molecular complexity index is 1010. The number of aromatic nitrogens is 6. The van der Waals surface area contributed by atoms with Crippen LogP contribution in [-0.4, -0.2) is 47.0 Å². The molecule has 0 aliphatic rings. The predicted molar refractivity (Wildman–Crippen MR) is 105 cm³/mol. The molecule has 0 aliphatic carbocycles. The summed E-state index contributed by atoms with van der Waals surface area (Å²) in [5.74, 6) is -1.05. The van der Waals surface area contributed by atoms with Crippen LogP contribution in [0.4, 0.5) is 5.69 Å². The maximum Gasteiger partial charge on any atom is 0.331 e. The number of carbonyl (C=O) groups is 2. The molecule has 0 spiro atoms. The number of nitrogens with zero attached hydrogens (tertiary/aromatic N) is 6. The summed E-state index contributed by atoms with van der Waals surface area (Å²) in [7, 11) is 0. The second-order valence-electron chi connectivity index (χ2n) is 7.52. The first-order valence-corrected chi connectivity index (χ1v) is 9.14. The Hall–Kier alpha value is -3.56. The average molecular weight is 397 g/mol. The van der Waals surface area contributed by atoms with Crippen LogP contribution in [0.15, 0.2) is 42.7 Å². The molecule has 3 aromatic rings. The van der Waals surface area contributed by atoms with Crippen LogP contribution in [0.3, 0.4) is 0 Å². The molecule has 1 amide bonds. The van der Waals surface area contributed by atoms with Crippen molar-refractivity contribution in [1.29, 1.82) is 0 Å². The fourth-order valence-corrected chi connectivity index (χ4v) is 2.73. The molecular formula is C19H23N7O3. The van der Waals surface area contributed by atoms with Crippen molar-refractivity contribution in [1.82, 2.24) is 30.0 Å². The molecule has 2 aromatic heterocycles. The number of carboxylic acids is 1. The second-order valence-corrected chi connectivity index (χ2v) is 7.52. The van der Waals surface area contributed by atoms with E-state index in [1.807, 2.05) is 44.2 Å². The molecule has 29 heavy (non-hydrogen) atoms. The van der Waals surface area contributed by atoms with Crippen molar-refractivity contribution in [3.05, 3.63) is 42.7 Å². The molecule has 10 heteroatoms. The second kappa shape index (κ2) is 7.82. The number of carboxylic acid groups (broad SMARTS) is 1. The van der Waals surface area contributed by atoms with Gasteiger partial charge in [-0.1, -0.05) is 44.2 Å². The monoisotopic (exact) mass is 397 g/mol. The van der Waals surface area contributed by atoms with E-state index >= 15 is 0 Å². The van der Waals surface area contributed by atoms with Gasteiger partial charge in [-0.3, -0.25) is 9.48 Å². The summed E-state index contributed by atoms with van der Waals surface area (Å²) in [6.45, 7) is 6.81. The number of amides is 1. The maximum atomic E-state index is 12.9. The molecule has 0 bridgehead atoms. The van der Waals surface area contributed by atoms with Gasteiger partial charge in [-0.2, -0.15) is 9.90 Å². The van der Waals surface area contributed by atoms with Gasteiger partial charge in [0.1, 0.15) is 0 Å². The SMILES string of the molecule is CC(C)C(C(=O)Nc1cnn(C(C)(C)C(=O)O)c1)n1nnc(-c2ccccc2)n1. The summed E-state index contributed by atoms with van der Waals surface area (Å²) in [6, 6.07) is 8.67. The number of anilines is 1. The average Bonchev–Trinajstić information content (AvgIpc) is 3.32. The fourth-order valence-electron chi connectivity index (χ4n) is 2.73. The number of hydrogen-bond donors (Lipinski definition) is 2. The third-order valence-corrected chi connectivity index (χ3v) is 4.56. The smallest absolute Gasteiger partial charge is 0.331 e. The topological polar surface area (TPSA) is 128 Å². The number of benzene rings is 1. The lowest BCUT2D eigenvalue weighted by molar-refractivity contribution is -0.146. The molecule has 0 fully saturated rings. The van der Waals surface area contributed by atoms with Crippen molar-refractivity contribution < 1.29 is 14.7 Å². The highest BCUT2D eigenvalue weighted by molar-refractivity contribution is 5.93. The third kappa shape index (κ3) is 4.15. The molecule has 152 valence electrons. The molecule has 0 radical (unpaired) electrons. The Morgan fingerprint density at radius 2 is 1.86 bits per heavy atom. The molecule has 0 saturated heterocycles. The van der Waals surface area contributed by atoms with E-state index in [1.165, 1.54) is 35.7 Å². The number of hydrogen-bond acceptors (Lipinski definition) is 6. The Morgan fingerprint density at radius 3 is 2.48 bits per heavy atom. The summed E-state index contributed by atoms with van der Waals surface area (Å²) in [5, 5.41) is 28.6. The summed E-state index contributed by atoms with van der Waals surface area (Å²) in [5.41, 5.74) is -0.0458. The van der Waals surface area contributed by atoms with Gasteiger partial charge in [0.15, 0.2) is 11.6 Å². The predicted octanol–water partition coefficient (Wildman–Crippen LogP) is 2.19. The first kappa shape index (κ1) is 20.2. The van der Waals surface area contributed by atoms with E-state index in [-0.39, 0.29) is 11.8 Å². The van der Waals surface area contributed by atoms with Crippen LogP contribution >= 0.6 is 0 Å². The van der Waals surface area contributed by atoms with Crippen molar-refractivity contribution in [2.45, 2.75) is 39.3 Å².